The van der Waals surface area contributed by atoms with Crippen LogP contribution in [-0.2, 0) is 4.79 Å². The van der Waals surface area contributed by atoms with E-state index in [4.69, 9.17) is 5.73 Å². The van der Waals surface area contributed by atoms with E-state index < -0.39 is 24.9 Å². The summed E-state index contributed by atoms with van der Waals surface area (Å²) in [6.07, 6.45) is -1.97. The summed E-state index contributed by atoms with van der Waals surface area (Å²) in [5.74, 6) is -0.314. The summed E-state index contributed by atoms with van der Waals surface area (Å²) in [5.41, 5.74) is 5.58. The number of carbonyl (C=O) groups is 1. The van der Waals surface area contributed by atoms with E-state index in [1.54, 1.807) is 0 Å². The van der Waals surface area contributed by atoms with E-state index >= 15 is 0 Å². The zero-order valence-corrected chi connectivity index (χ0v) is 10.9. The number of nitrogens with one attached hydrogen (secondary N) is 1. The summed E-state index contributed by atoms with van der Waals surface area (Å²) < 4.78 is 35.8. The van der Waals surface area contributed by atoms with E-state index in [1.807, 2.05) is 0 Å². The summed E-state index contributed by atoms with van der Waals surface area (Å²) in [6.45, 7) is 0.476. The van der Waals surface area contributed by atoms with Crippen LogP contribution in [0, 0.1) is 5.92 Å². The molecule has 1 fully saturated rings. The molecule has 0 aliphatic heterocycles. The third-order valence-corrected chi connectivity index (χ3v) is 3.19. The molecule has 0 aromatic carbocycles. The molecular formula is C11H20ClF3N2O. The van der Waals surface area contributed by atoms with Gasteiger partial charge in [0.25, 0.3) is 0 Å². The molecule has 0 aromatic rings. The van der Waals surface area contributed by atoms with Crippen molar-refractivity contribution in [2.24, 2.45) is 11.7 Å². The predicted octanol–water partition coefficient (Wildman–Crippen LogP) is 2.38. The molecule has 1 rings (SSSR count). The van der Waals surface area contributed by atoms with Crippen LogP contribution in [0.4, 0.5) is 13.2 Å². The standard InChI is InChI=1S/C11H19F3N2O.ClH/c12-11(13,14)6-5-10(17)16-9-4-2-1-3-8(9)7-15;/h8-9H,1-7,15H2,(H,16,17);1H. The first-order valence-corrected chi connectivity index (χ1v) is 5.98. The van der Waals surface area contributed by atoms with Gasteiger partial charge in [0, 0.05) is 12.5 Å². The third kappa shape index (κ3) is 6.44. The molecular weight excluding hydrogens is 269 g/mol. The Hall–Kier alpha value is -0.490. The maximum absolute atomic E-state index is 11.9. The molecule has 3 nitrogen and oxygen atoms in total. The van der Waals surface area contributed by atoms with Gasteiger partial charge in [0.05, 0.1) is 6.42 Å². The molecule has 1 saturated carbocycles. The van der Waals surface area contributed by atoms with Gasteiger partial charge in [-0.05, 0) is 25.3 Å². The SMILES string of the molecule is Cl.NCC1CCCCC1NC(=O)CCC(F)(F)F. The number of hydrogen-bond acceptors (Lipinski definition) is 2. The molecule has 2 unspecified atom stereocenters. The molecule has 0 heterocycles. The Kier molecular flexibility index (Phi) is 7.62. The molecule has 0 spiro atoms. The van der Waals surface area contributed by atoms with E-state index in [-0.39, 0.29) is 24.4 Å². The second kappa shape index (κ2) is 7.84. The van der Waals surface area contributed by atoms with Gasteiger partial charge in [-0.1, -0.05) is 12.8 Å². The van der Waals surface area contributed by atoms with E-state index in [2.05, 4.69) is 5.32 Å². The van der Waals surface area contributed by atoms with Crippen LogP contribution in [-0.4, -0.2) is 24.7 Å². The molecule has 7 heteroatoms. The van der Waals surface area contributed by atoms with Crippen LogP contribution in [0.25, 0.3) is 0 Å². The van der Waals surface area contributed by atoms with Crippen molar-refractivity contribution in [3.63, 3.8) is 0 Å². The quantitative estimate of drug-likeness (QED) is 0.834. The second-order valence-corrected chi connectivity index (χ2v) is 4.57. The van der Waals surface area contributed by atoms with Crippen LogP contribution in [0.2, 0.25) is 0 Å². The predicted molar refractivity (Wildman–Crippen MR) is 65.5 cm³/mol. The lowest BCUT2D eigenvalue weighted by Crippen LogP contribution is -2.44. The number of halogens is 4. The zero-order chi connectivity index (χ0) is 12.9. The number of rotatable bonds is 4. The van der Waals surface area contributed by atoms with Gasteiger partial charge in [-0.15, -0.1) is 12.4 Å². The fourth-order valence-corrected chi connectivity index (χ4v) is 2.21. The Balaban J connectivity index is 0.00000289. The van der Waals surface area contributed by atoms with Gasteiger partial charge in [-0.3, -0.25) is 4.79 Å². The molecule has 1 amide bonds. The first kappa shape index (κ1) is 17.5. The van der Waals surface area contributed by atoms with Gasteiger partial charge >= 0.3 is 6.18 Å². The highest BCUT2D eigenvalue weighted by molar-refractivity contribution is 5.85. The van der Waals surface area contributed by atoms with Gasteiger partial charge in [0.2, 0.25) is 5.91 Å². The van der Waals surface area contributed by atoms with Crippen LogP contribution in [0.3, 0.4) is 0 Å². The largest absolute Gasteiger partial charge is 0.389 e. The average molecular weight is 289 g/mol. The monoisotopic (exact) mass is 288 g/mol. The molecule has 0 radical (unpaired) electrons. The smallest absolute Gasteiger partial charge is 0.353 e. The second-order valence-electron chi connectivity index (χ2n) is 4.57. The summed E-state index contributed by atoms with van der Waals surface area (Å²) >= 11 is 0. The average Bonchev–Trinajstić information content (AvgIpc) is 2.26. The van der Waals surface area contributed by atoms with E-state index in [1.165, 1.54) is 0 Å². The highest BCUT2D eigenvalue weighted by Gasteiger charge is 2.30. The molecule has 108 valence electrons. The fourth-order valence-electron chi connectivity index (χ4n) is 2.21. The number of alkyl halides is 3. The van der Waals surface area contributed by atoms with Gasteiger partial charge < -0.3 is 11.1 Å². The maximum atomic E-state index is 11.9. The Morgan fingerprint density at radius 2 is 1.89 bits per heavy atom. The molecule has 1 aliphatic rings. The third-order valence-electron chi connectivity index (χ3n) is 3.19. The maximum Gasteiger partial charge on any atom is 0.389 e. The van der Waals surface area contributed by atoms with Crippen molar-refractivity contribution >= 4 is 18.3 Å². The van der Waals surface area contributed by atoms with Crippen molar-refractivity contribution in [2.75, 3.05) is 6.54 Å². The molecule has 0 saturated heterocycles. The highest BCUT2D eigenvalue weighted by Crippen LogP contribution is 2.24. The van der Waals surface area contributed by atoms with Gasteiger partial charge in [0.15, 0.2) is 0 Å². The van der Waals surface area contributed by atoms with E-state index in [9.17, 15) is 18.0 Å². The Labute approximate surface area is 111 Å². The van der Waals surface area contributed by atoms with E-state index in [0.717, 1.165) is 25.7 Å². The molecule has 1 aliphatic carbocycles. The van der Waals surface area contributed by atoms with Gasteiger partial charge in [0.1, 0.15) is 0 Å². The fraction of sp³-hybridized carbons (Fsp3) is 0.909. The topological polar surface area (TPSA) is 55.1 Å². The van der Waals surface area contributed by atoms with Crippen molar-refractivity contribution in [1.29, 1.82) is 0 Å². The molecule has 0 bridgehead atoms. The van der Waals surface area contributed by atoms with Crippen molar-refractivity contribution < 1.29 is 18.0 Å². The summed E-state index contributed by atoms with van der Waals surface area (Å²) in [6, 6.07) is -0.0468. The Bertz CT molecular complexity index is 261. The minimum Gasteiger partial charge on any atom is -0.353 e. The lowest BCUT2D eigenvalue weighted by Gasteiger charge is -2.31. The first-order chi connectivity index (χ1) is 7.92. The van der Waals surface area contributed by atoms with Crippen LogP contribution >= 0.6 is 12.4 Å². The summed E-state index contributed by atoms with van der Waals surface area (Å²) in [4.78, 5) is 11.4. The number of hydrogen-bond donors (Lipinski definition) is 2. The van der Waals surface area contributed by atoms with Crippen molar-refractivity contribution in [2.45, 2.75) is 50.7 Å². The number of amides is 1. The minimum absolute atomic E-state index is 0. The minimum atomic E-state index is -4.27. The van der Waals surface area contributed by atoms with Crippen LogP contribution < -0.4 is 11.1 Å². The van der Waals surface area contributed by atoms with Gasteiger partial charge in [-0.2, -0.15) is 13.2 Å². The van der Waals surface area contributed by atoms with Crippen LogP contribution in [0.5, 0.6) is 0 Å². The van der Waals surface area contributed by atoms with Crippen molar-refractivity contribution in [3.05, 3.63) is 0 Å². The normalized spacial score (nSPS) is 24.2. The lowest BCUT2D eigenvalue weighted by molar-refractivity contribution is -0.144. The van der Waals surface area contributed by atoms with Crippen molar-refractivity contribution in [3.8, 4) is 0 Å². The summed E-state index contributed by atoms with van der Waals surface area (Å²) in [5, 5.41) is 2.67. The highest BCUT2D eigenvalue weighted by atomic mass is 35.5. The Morgan fingerprint density at radius 1 is 1.28 bits per heavy atom. The number of carbonyl (C=O) groups excluding carboxylic acids is 1. The van der Waals surface area contributed by atoms with Crippen LogP contribution in [0.1, 0.15) is 38.5 Å². The van der Waals surface area contributed by atoms with Crippen LogP contribution in [0.15, 0.2) is 0 Å². The molecule has 3 N–H and O–H groups in total. The first-order valence-electron chi connectivity index (χ1n) is 5.98. The molecule has 2 atom stereocenters. The lowest BCUT2D eigenvalue weighted by atomic mass is 9.84. The van der Waals surface area contributed by atoms with Gasteiger partial charge in [-0.25, -0.2) is 0 Å². The molecule has 0 aromatic heterocycles. The zero-order valence-electron chi connectivity index (χ0n) is 10.1. The molecule has 18 heavy (non-hydrogen) atoms. The van der Waals surface area contributed by atoms with Crippen molar-refractivity contribution in [1.82, 2.24) is 5.32 Å². The summed E-state index contributed by atoms with van der Waals surface area (Å²) in [7, 11) is 0. The Morgan fingerprint density at radius 3 is 2.44 bits per heavy atom. The number of nitrogens with two attached hydrogens (primary N) is 1. The van der Waals surface area contributed by atoms with E-state index in [0.29, 0.717) is 6.54 Å².